The van der Waals surface area contributed by atoms with Crippen LogP contribution in [0.25, 0.3) is 0 Å². The van der Waals surface area contributed by atoms with Crippen LogP contribution in [-0.4, -0.2) is 22.9 Å². The summed E-state index contributed by atoms with van der Waals surface area (Å²) in [4.78, 5) is 13.7. The lowest BCUT2D eigenvalue weighted by atomic mass is 10.0. The maximum Gasteiger partial charge on any atom is 0.222 e. The molecule has 0 radical (unpaired) electrons. The summed E-state index contributed by atoms with van der Waals surface area (Å²) in [5, 5.41) is 0. The van der Waals surface area contributed by atoms with E-state index in [9.17, 15) is 4.79 Å². The quantitative estimate of drug-likeness (QED) is 0.659. The van der Waals surface area contributed by atoms with Crippen molar-refractivity contribution in [3.63, 3.8) is 0 Å². The molecule has 0 aliphatic rings. The van der Waals surface area contributed by atoms with E-state index in [2.05, 4.69) is 27.7 Å². The summed E-state index contributed by atoms with van der Waals surface area (Å²) < 4.78 is 0. The molecule has 0 aliphatic heterocycles. The molecule has 2 heteroatoms. The fourth-order valence-electron chi connectivity index (χ4n) is 1.49. The monoisotopic (exact) mass is 185 g/mol. The van der Waals surface area contributed by atoms with Gasteiger partial charge in [0.2, 0.25) is 5.91 Å². The molecule has 0 saturated heterocycles. The van der Waals surface area contributed by atoms with Gasteiger partial charge in [-0.05, 0) is 34.1 Å². The van der Waals surface area contributed by atoms with Crippen LogP contribution in [0.15, 0.2) is 0 Å². The first-order chi connectivity index (χ1) is 5.93. The molecule has 0 heterocycles. The lowest BCUT2D eigenvalue weighted by Crippen LogP contribution is -2.45. The van der Waals surface area contributed by atoms with Crippen molar-refractivity contribution in [2.45, 2.75) is 59.4 Å². The van der Waals surface area contributed by atoms with Crippen LogP contribution in [0, 0.1) is 0 Å². The van der Waals surface area contributed by atoms with E-state index in [1.165, 1.54) is 0 Å². The van der Waals surface area contributed by atoms with E-state index >= 15 is 0 Å². The highest BCUT2D eigenvalue weighted by Crippen LogP contribution is 2.14. The largest absolute Gasteiger partial charge is 0.338 e. The third-order valence-corrected chi connectivity index (χ3v) is 2.17. The summed E-state index contributed by atoms with van der Waals surface area (Å²) in [5.74, 6) is 0.289. The second-order valence-corrected chi connectivity index (χ2v) is 4.41. The van der Waals surface area contributed by atoms with Crippen molar-refractivity contribution in [3.8, 4) is 0 Å². The predicted octanol–water partition coefficient (Wildman–Crippen LogP) is 2.82. The molecule has 0 aliphatic carbocycles. The van der Waals surface area contributed by atoms with Crippen molar-refractivity contribution >= 4 is 5.91 Å². The summed E-state index contributed by atoms with van der Waals surface area (Å²) in [6.07, 6.45) is 2.79. The van der Waals surface area contributed by atoms with Crippen molar-refractivity contribution in [1.29, 1.82) is 0 Å². The number of hydrogen-bond donors (Lipinski definition) is 0. The van der Waals surface area contributed by atoms with Crippen molar-refractivity contribution < 1.29 is 4.79 Å². The van der Waals surface area contributed by atoms with Gasteiger partial charge in [0.1, 0.15) is 0 Å². The highest BCUT2D eigenvalue weighted by atomic mass is 16.2. The molecule has 0 saturated carbocycles. The zero-order valence-electron chi connectivity index (χ0n) is 9.68. The molecule has 2 nitrogen and oxygen atoms in total. The van der Waals surface area contributed by atoms with E-state index in [0.717, 1.165) is 19.4 Å². The van der Waals surface area contributed by atoms with Crippen LogP contribution < -0.4 is 0 Å². The van der Waals surface area contributed by atoms with E-state index in [4.69, 9.17) is 0 Å². The molecule has 0 N–H and O–H groups in total. The standard InChI is InChI=1S/C11H23NO/c1-6-8-9-10(13)12(7-2)11(3,4)5/h6-9H2,1-5H3. The number of carbonyl (C=O) groups excluding carboxylic acids is 1. The number of carbonyl (C=O) groups is 1. The van der Waals surface area contributed by atoms with E-state index < -0.39 is 0 Å². The molecule has 0 fully saturated rings. The van der Waals surface area contributed by atoms with Crippen molar-refractivity contribution in [3.05, 3.63) is 0 Å². The molecule has 0 aromatic rings. The molecule has 0 rings (SSSR count). The summed E-state index contributed by atoms with van der Waals surface area (Å²) in [6.45, 7) is 11.2. The normalized spacial score (nSPS) is 11.5. The fourth-order valence-corrected chi connectivity index (χ4v) is 1.49. The van der Waals surface area contributed by atoms with Gasteiger partial charge in [-0.25, -0.2) is 0 Å². The summed E-state index contributed by atoms with van der Waals surface area (Å²) in [5.41, 5.74) is -0.0282. The molecule has 13 heavy (non-hydrogen) atoms. The second-order valence-electron chi connectivity index (χ2n) is 4.41. The first-order valence-electron chi connectivity index (χ1n) is 5.24. The van der Waals surface area contributed by atoms with Crippen molar-refractivity contribution in [1.82, 2.24) is 4.90 Å². The van der Waals surface area contributed by atoms with Crippen LogP contribution in [0.2, 0.25) is 0 Å². The van der Waals surface area contributed by atoms with Crippen LogP contribution in [-0.2, 0) is 4.79 Å². The van der Waals surface area contributed by atoms with Crippen molar-refractivity contribution in [2.75, 3.05) is 6.54 Å². The van der Waals surface area contributed by atoms with Crippen LogP contribution in [0.3, 0.4) is 0 Å². The average molecular weight is 185 g/mol. The van der Waals surface area contributed by atoms with Crippen LogP contribution in [0.4, 0.5) is 0 Å². The Labute approximate surface area is 82.3 Å². The van der Waals surface area contributed by atoms with E-state index in [1.807, 2.05) is 11.8 Å². The number of amides is 1. The Balaban J connectivity index is 4.16. The summed E-state index contributed by atoms with van der Waals surface area (Å²) >= 11 is 0. The minimum absolute atomic E-state index is 0.0282. The number of nitrogens with zero attached hydrogens (tertiary/aromatic N) is 1. The second kappa shape index (κ2) is 5.25. The first-order valence-corrected chi connectivity index (χ1v) is 5.24. The minimum Gasteiger partial charge on any atom is -0.338 e. The average Bonchev–Trinajstić information content (AvgIpc) is 1.99. The Morgan fingerprint density at radius 3 is 2.08 bits per heavy atom. The topological polar surface area (TPSA) is 20.3 Å². The van der Waals surface area contributed by atoms with Gasteiger partial charge in [-0.1, -0.05) is 13.3 Å². The van der Waals surface area contributed by atoms with Crippen LogP contribution in [0.1, 0.15) is 53.9 Å². The third-order valence-electron chi connectivity index (χ3n) is 2.17. The zero-order chi connectivity index (χ0) is 10.5. The van der Waals surface area contributed by atoms with Crippen molar-refractivity contribution in [2.24, 2.45) is 0 Å². The Kier molecular flexibility index (Phi) is 5.04. The molecule has 0 spiro atoms. The van der Waals surface area contributed by atoms with Gasteiger partial charge in [-0.2, -0.15) is 0 Å². The van der Waals surface area contributed by atoms with E-state index in [0.29, 0.717) is 6.42 Å². The lowest BCUT2D eigenvalue weighted by molar-refractivity contribution is -0.135. The van der Waals surface area contributed by atoms with Gasteiger partial charge in [0.25, 0.3) is 0 Å². The van der Waals surface area contributed by atoms with Gasteiger partial charge in [-0.15, -0.1) is 0 Å². The van der Waals surface area contributed by atoms with Gasteiger partial charge in [0.05, 0.1) is 0 Å². The molecule has 0 atom stereocenters. The van der Waals surface area contributed by atoms with E-state index in [-0.39, 0.29) is 11.4 Å². The Hall–Kier alpha value is -0.530. The maximum absolute atomic E-state index is 11.7. The predicted molar refractivity (Wildman–Crippen MR) is 56.7 cm³/mol. The zero-order valence-corrected chi connectivity index (χ0v) is 9.68. The molecule has 0 aromatic heterocycles. The molecular formula is C11H23NO. The summed E-state index contributed by atoms with van der Waals surface area (Å²) in [7, 11) is 0. The van der Waals surface area contributed by atoms with E-state index in [1.54, 1.807) is 0 Å². The number of unbranched alkanes of at least 4 members (excludes halogenated alkanes) is 1. The molecule has 1 amide bonds. The Bertz CT molecular complexity index is 158. The molecule has 0 unspecified atom stereocenters. The highest BCUT2D eigenvalue weighted by molar-refractivity contribution is 5.76. The molecule has 0 aromatic carbocycles. The third kappa shape index (κ3) is 4.30. The van der Waals surface area contributed by atoms with Gasteiger partial charge >= 0.3 is 0 Å². The maximum atomic E-state index is 11.7. The first kappa shape index (κ1) is 12.5. The van der Waals surface area contributed by atoms with Gasteiger partial charge in [0.15, 0.2) is 0 Å². The SMILES string of the molecule is CCCCC(=O)N(CC)C(C)(C)C. The molecule has 78 valence electrons. The number of hydrogen-bond acceptors (Lipinski definition) is 1. The van der Waals surface area contributed by atoms with Gasteiger partial charge in [0, 0.05) is 18.5 Å². The van der Waals surface area contributed by atoms with Crippen LogP contribution >= 0.6 is 0 Å². The van der Waals surface area contributed by atoms with Gasteiger partial charge < -0.3 is 4.90 Å². The number of rotatable bonds is 4. The molecular weight excluding hydrogens is 162 g/mol. The Morgan fingerprint density at radius 2 is 1.77 bits per heavy atom. The van der Waals surface area contributed by atoms with Gasteiger partial charge in [-0.3, -0.25) is 4.79 Å². The van der Waals surface area contributed by atoms with Crippen LogP contribution in [0.5, 0.6) is 0 Å². The molecule has 0 bridgehead atoms. The summed E-state index contributed by atoms with van der Waals surface area (Å²) in [6, 6.07) is 0. The fraction of sp³-hybridized carbons (Fsp3) is 0.909. The minimum atomic E-state index is -0.0282. The Morgan fingerprint density at radius 1 is 1.23 bits per heavy atom. The lowest BCUT2D eigenvalue weighted by Gasteiger charge is -2.35. The highest BCUT2D eigenvalue weighted by Gasteiger charge is 2.23. The smallest absolute Gasteiger partial charge is 0.222 e.